The second kappa shape index (κ2) is 10.2. The van der Waals surface area contributed by atoms with Crippen LogP contribution in [0.1, 0.15) is 38.3 Å². The molecule has 2 unspecified atom stereocenters. The van der Waals surface area contributed by atoms with Crippen LogP contribution >= 0.6 is 0 Å². The number of ether oxygens (including phenoxy) is 1. The predicted molar refractivity (Wildman–Crippen MR) is 122 cm³/mol. The van der Waals surface area contributed by atoms with Gasteiger partial charge in [-0.15, -0.1) is 0 Å². The minimum Gasteiger partial charge on any atom is -0.373 e. The molecule has 190 valence electrons. The van der Waals surface area contributed by atoms with Gasteiger partial charge in [-0.25, -0.2) is 8.78 Å². The number of carbonyl (C=O) groups is 1. The molecule has 2 saturated heterocycles. The third-order valence-electron chi connectivity index (χ3n) is 6.64. The maximum Gasteiger partial charge on any atom is 0.407 e. The number of rotatable bonds is 7. The van der Waals surface area contributed by atoms with E-state index >= 15 is 0 Å². The highest BCUT2D eigenvalue weighted by atomic mass is 19.4. The highest BCUT2D eigenvalue weighted by molar-refractivity contribution is 5.83. The molecule has 0 aliphatic carbocycles. The number of nitrogens with one attached hydrogen (secondary N) is 1. The first-order valence-corrected chi connectivity index (χ1v) is 11.8. The van der Waals surface area contributed by atoms with E-state index < -0.39 is 48.3 Å². The highest BCUT2D eigenvalue weighted by Crippen LogP contribution is 2.36. The molecule has 35 heavy (non-hydrogen) atoms. The largest absolute Gasteiger partial charge is 0.407 e. The van der Waals surface area contributed by atoms with Crippen molar-refractivity contribution in [1.82, 2.24) is 10.2 Å². The van der Waals surface area contributed by atoms with Crippen LogP contribution in [0.25, 0.3) is 11.1 Å². The number of hydrogen-bond donors (Lipinski definition) is 1. The van der Waals surface area contributed by atoms with Crippen molar-refractivity contribution >= 4 is 5.91 Å². The van der Waals surface area contributed by atoms with E-state index in [2.05, 4.69) is 5.32 Å². The van der Waals surface area contributed by atoms with Crippen LogP contribution in [0.2, 0.25) is 0 Å². The number of carbonyl (C=O) groups excluding carboxylic acids is 1. The van der Waals surface area contributed by atoms with Crippen LogP contribution in [0.4, 0.5) is 22.0 Å². The Kier molecular flexibility index (Phi) is 7.47. The molecule has 2 aromatic rings. The molecule has 2 aromatic carbocycles. The summed E-state index contributed by atoms with van der Waals surface area (Å²) in [6, 6.07) is 7.73. The number of hydrogen-bond acceptors (Lipinski definition) is 3. The lowest BCUT2D eigenvalue weighted by Gasteiger charge is -2.32. The molecule has 0 bridgehead atoms. The van der Waals surface area contributed by atoms with Gasteiger partial charge >= 0.3 is 6.18 Å². The SMILES string of the molecule is CC(C)CC(NC(c1ccc(-c2ccccc2F)cc1)C(F)(F)F)C(=O)N1C[C@H](F)[C@H]2OCC[C@H]21. The predicted octanol–water partition coefficient (Wildman–Crippen LogP) is 5.44. The zero-order valence-corrected chi connectivity index (χ0v) is 19.6. The summed E-state index contributed by atoms with van der Waals surface area (Å²) in [5, 5.41) is 2.53. The molecule has 0 spiro atoms. The third-order valence-corrected chi connectivity index (χ3v) is 6.64. The van der Waals surface area contributed by atoms with E-state index in [1.165, 1.54) is 41.3 Å². The smallest absolute Gasteiger partial charge is 0.373 e. The summed E-state index contributed by atoms with van der Waals surface area (Å²) >= 11 is 0. The molecule has 2 fully saturated rings. The minimum absolute atomic E-state index is 0.0758. The number of fused-ring (bicyclic) bond motifs is 1. The fraction of sp³-hybridized carbons (Fsp3) is 0.500. The van der Waals surface area contributed by atoms with Gasteiger partial charge in [-0.2, -0.15) is 13.2 Å². The Morgan fingerprint density at radius 1 is 1.14 bits per heavy atom. The van der Waals surface area contributed by atoms with Gasteiger partial charge in [0.15, 0.2) is 0 Å². The van der Waals surface area contributed by atoms with Gasteiger partial charge in [0.1, 0.15) is 24.1 Å². The fourth-order valence-corrected chi connectivity index (χ4v) is 5.00. The maximum atomic E-state index is 14.4. The number of halogens is 5. The third kappa shape index (κ3) is 5.51. The summed E-state index contributed by atoms with van der Waals surface area (Å²) in [5.41, 5.74) is 0.637. The molecule has 0 aromatic heterocycles. The molecule has 2 aliphatic rings. The van der Waals surface area contributed by atoms with Crippen LogP contribution < -0.4 is 5.32 Å². The quantitative estimate of drug-likeness (QED) is 0.520. The van der Waals surface area contributed by atoms with Crippen molar-refractivity contribution < 1.29 is 31.5 Å². The van der Waals surface area contributed by atoms with E-state index in [1.807, 2.05) is 13.8 Å². The number of alkyl halides is 4. The second-order valence-corrected chi connectivity index (χ2v) is 9.62. The van der Waals surface area contributed by atoms with E-state index in [1.54, 1.807) is 12.1 Å². The molecular formula is C26H29F5N2O2. The molecule has 2 heterocycles. The summed E-state index contributed by atoms with van der Waals surface area (Å²) in [6.45, 7) is 3.77. The summed E-state index contributed by atoms with van der Waals surface area (Å²) < 4.78 is 76.4. The summed E-state index contributed by atoms with van der Waals surface area (Å²) in [5.74, 6) is -1.09. The van der Waals surface area contributed by atoms with Crippen LogP contribution in [-0.4, -0.2) is 54.5 Å². The van der Waals surface area contributed by atoms with Crippen molar-refractivity contribution in [2.75, 3.05) is 13.2 Å². The molecule has 9 heteroatoms. The Morgan fingerprint density at radius 2 is 1.83 bits per heavy atom. The van der Waals surface area contributed by atoms with E-state index in [0.29, 0.717) is 18.6 Å². The first kappa shape index (κ1) is 25.6. The number of amides is 1. The molecule has 0 radical (unpaired) electrons. The van der Waals surface area contributed by atoms with Gasteiger partial charge in [-0.1, -0.05) is 56.3 Å². The van der Waals surface area contributed by atoms with E-state index in [4.69, 9.17) is 4.74 Å². The molecule has 2 aliphatic heterocycles. The van der Waals surface area contributed by atoms with Crippen molar-refractivity contribution in [3.05, 3.63) is 59.9 Å². The van der Waals surface area contributed by atoms with Gasteiger partial charge in [0, 0.05) is 12.2 Å². The van der Waals surface area contributed by atoms with Gasteiger partial charge in [-0.3, -0.25) is 10.1 Å². The van der Waals surface area contributed by atoms with Crippen molar-refractivity contribution in [1.29, 1.82) is 0 Å². The lowest BCUT2D eigenvalue weighted by molar-refractivity contribution is -0.162. The molecule has 0 saturated carbocycles. The van der Waals surface area contributed by atoms with Crippen molar-refractivity contribution in [3.8, 4) is 11.1 Å². The van der Waals surface area contributed by atoms with Crippen LogP contribution in [0.5, 0.6) is 0 Å². The molecule has 1 amide bonds. The van der Waals surface area contributed by atoms with E-state index in [9.17, 15) is 26.7 Å². The average Bonchev–Trinajstić information content (AvgIpc) is 3.40. The lowest BCUT2D eigenvalue weighted by atomic mass is 9.97. The number of nitrogens with zero attached hydrogens (tertiary/aromatic N) is 1. The van der Waals surface area contributed by atoms with Crippen molar-refractivity contribution in [2.24, 2.45) is 5.92 Å². The van der Waals surface area contributed by atoms with Crippen LogP contribution in [0.3, 0.4) is 0 Å². The number of benzene rings is 2. The van der Waals surface area contributed by atoms with Gasteiger partial charge in [-0.05, 0) is 36.0 Å². The zero-order chi connectivity index (χ0) is 25.3. The number of likely N-dealkylation sites (tertiary alicyclic amines) is 1. The molecule has 1 N–H and O–H groups in total. The lowest BCUT2D eigenvalue weighted by Crippen LogP contribution is -2.52. The Labute approximate surface area is 201 Å². The average molecular weight is 497 g/mol. The first-order chi connectivity index (χ1) is 16.6. The van der Waals surface area contributed by atoms with Crippen molar-refractivity contribution in [3.63, 3.8) is 0 Å². The van der Waals surface area contributed by atoms with Gasteiger partial charge in [0.05, 0.1) is 18.6 Å². The van der Waals surface area contributed by atoms with Crippen LogP contribution in [0, 0.1) is 11.7 Å². The zero-order valence-electron chi connectivity index (χ0n) is 19.6. The summed E-state index contributed by atoms with van der Waals surface area (Å²) in [4.78, 5) is 14.7. The Morgan fingerprint density at radius 3 is 2.46 bits per heavy atom. The minimum atomic E-state index is -4.69. The van der Waals surface area contributed by atoms with Crippen LogP contribution in [-0.2, 0) is 9.53 Å². The topological polar surface area (TPSA) is 41.6 Å². The Balaban J connectivity index is 1.59. The fourth-order valence-electron chi connectivity index (χ4n) is 5.00. The van der Waals surface area contributed by atoms with Crippen LogP contribution in [0.15, 0.2) is 48.5 Å². The Bertz CT molecular complexity index is 1030. The van der Waals surface area contributed by atoms with E-state index in [0.717, 1.165) is 0 Å². The standard InChI is InChI=1S/C26H29F5N2O2/c1-15(2)13-21(25(34)33-14-20(28)23-22(33)11-12-35-23)32-24(26(29,30)31)17-9-7-16(8-10-17)18-5-3-4-6-19(18)27/h3-10,15,20-24,32H,11-14H2,1-2H3/t20-,21?,22+,23+,24?/m0/s1. The molecule has 5 atom stereocenters. The molecule has 4 rings (SSSR count). The second-order valence-electron chi connectivity index (χ2n) is 9.62. The maximum absolute atomic E-state index is 14.4. The van der Waals surface area contributed by atoms with Gasteiger partial charge in [0.2, 0.25) is 5.91 Å². The van der Waals surface area contributed by atoms with Crippen molar-refractivity contribution in [2.45, 2.75) is 63.3 Å². The highest BCUT2D eigenvalue weighted by Gasteiger charge is 2.50. The normalized spacial score (nSPS) is 24.0. The Hall–Kier alpha value is -2.52. The first-order valence-electron chi connectivity index (χ1n) is 11.8. The summed E-state index contributed by atoms with van der Waals surface area (Å²) in [7, 11) is 0. The van der Waals surface area contributed by atoms with Gasteiger partial charge in [0.25, 0.3) is 0 Å². The molecular weight excluding hydrogens is 467 g/mol. The summed E-state index contributed by atoms with van der Waals surface area (Å²) in [6.07, 6.45) is -6.14. The van der Waals surface area contributed by atoms with Gasteiger partial charge < -0.3 is 9.64 Å². The molecule has 4 nitrogen and oxygen atoms in total. The monoisotopic (exact) mass is 496 g/mol. The van der Waals surface area contributed by atoms with E-state index in [-0.39, 0.29) is 30.0 Å².